The Bertz CT molecular complexity index is 978. The average Bonchev–Trinajstić information content (AvgIpc) is 3.18. The molecule has 0 atom stereocenters. The van der Waals surface area contributed by atoms with Gasteiger partial charge in [0.05, 0.1) is 21.3 Å². The normalized spacial score (nSPS) is 13.2. The Morgan fingerprint density at radius 2 is 1.69 bits per heavy atom. The fourth-order valence-corrected chi connectivity index (χ4v) is 3.59. The van der Waals surface area contributed by atoms with Crippen molar-refractivity contribution in [1.29, 1.82) is 0 Å². The quantitative estimate of drug-likeness (QED) is 0.659. The molecule has 26 heavy (non-hydrogen) atoms. The molecule has 1 aromatic heterocycles. The summed E-state index contributed by atoms with van der Waals surface area (Å²) in [7, 11) is 1.70. The molecule has 0 bridgehead atoms. The molecule has 4 rings (SSSR count). The Hall–Kier alpha value is -3.26. The molecule has 0 unspecified atom stereocenters. The van der Waals surface area contributed by atoms with Gasteiger partial charge in [-0.25, -0.2) is 9.78 Å². The fourth-order valence-electron chi connectivity index (χ4n) is 2.67. The molecule has 0 saturated carbocycles. The molecule has 0 spiro atoms. The summed E-state index contributed by atoms with van der Waals surface area (Å²) in [6.07, 6.45) is 0. The van der Waals surface area contributed by atoms with Gasteiger partial charge in [0.15, 0.2) is 5.13 Å². The Balaban J connectivity index is 1.46. The van der Waals surface area contributed by atoms with Crippen LogP contribution in [0.4, 0.5) is 5.13 Å². The summed E-state index contributed by atoms with van der Waals surface area (Å²) in [5.74, 6) is -2.00. The first-order valence-corrected chi connectivity index (χ1v) is 8.61. The first-order valence-electron chi connectivity index (χ1n) is 7.80. The Morgan fingerprint density at radius 3 is 2.35 bits per heavy atom. The van der Waals surface area contributed by atoms with Gasteiger partial charge in [0, 0.05) is 7.05 Å². The highest BCUT2D eigenvalue weighted by molar-refractivity contribution is 7.22. The maximum Gasteiger partial charge on any atom is 0.352 e. The van der Waals surface area contributed by atoms with Crippen LogP contribution in [-0.4, -0.2) is 41.4 Å². The molecule has 0 saturated heterocycles. The number of anilines is 1. The number of amides is 2. The maximum atomic E-state index is 12.2. The number of hydroxylamine groups is 2. The van der Waals surface area contributed by atoms with E-state index in [0.29, 0.717) is 10.2 Å². The minimum absolute atomic E-state index is 0.146. The van der Waals surface area contributed by atoms with Crippen LogP contribution in [0.15, 0.2) is 48.5 Å². The summed E-state index contributed by atoms with van der Waals surface area (Å²) in [4.78, 5) is 47.7. The monoisotopic (exact) mass is 367 g/mol. The number of aromatic nitrogens is 1. The second-order valence-corrected chi connectivity index (χ2v) is 6.74. The third-order valence-corrected chi connectivity index (χ3v) is 5.08. The van der Waals surface area contributed by atoms with Gasteiger partial charge in [-0.05, 0) is 24.3 Å². The molecule has 7 nitrogen and oxygen atoms in total. The summed E-state index contributed by atoms with van der Waals surface area (Å²) in [6, 6.07) is 14.0. The predicted octanol–water partition coefficient (Wildman–Crippen LogP) is 2.49. The molecule has 2 aromatic carbocycles. The van der Waals surface area contributed by atoms with E-state index in [-0.39, 0.29) is 17.7 Å². The maximum absolute atomic E-state index is 12.2. The van der Waals surface area contributed by atoms with Crippen molar-refractivity contribution in [3.8, 4) is 0 Å². The SMILES string of the molecule is CN(CC(=O)ON1C(=O)c2ccccc2C1=O)c1nc2ccccc2s1. The Morgan fingerprint density at radius 1 is 1.08 bits per heavy atom. The van der Waals surface area contributed by atoms with Gasteiger partial charge in [-0.3, -0.25) is 9.59 Å². The van der Waals surface area contributed by atoms with E-state index in [1.165, 1.54) is 23.5 Å². The van der Waals surface area contributed by atoms with Gasteiger partial charge in [0.25, 0.3) is 11.8 Å². The number of benzene rings is 2. The van der Waals surface area contributed by atoms with Gasteiger partial charge >= 0.3 is 5.97 Å². The van der Waals surface area contributed by atoms with Crippen LogP contribution < -0.4 is 4.90 Å². The van der Waals surface area contributed by atoms with Crippen LogP contribution in [0, 0.1) is 0 Å². The number of nitrogens with zero attached hydrogens (tertiary/aromatic N) is 3. The highest BCUT2D eigenvalue weighted by atomic mass is 32.1. The van der Waals surface area contributed by atoms with Gasteiger partial charge < -0.3 is 9.74 Å². The molecule has 0 fully saturated rings. The lowest BCUT2D eigenvalue weighted by Crippen LogP contribution is -2.37. The van der Waals surface area contributed by atoms with Crippen LogP contribution in [0.5, 0.6) is 0 Å². The zero-order valence-electron chi connectivity index (χ0n) is 13.7. The zero-order valence-corrected chi connectivity index (χ0v) is 14.5. The van der Waals surface area contributed by atoms with E-state index in [1.54, 1.807) is 24.1 Å². The predicted molar refractivity (Wildman–Crippen MR) is 95.9 cm³/mol. The first kappa shape index (κ1) is 16.2. The van der Waals surface area contributed by atoms with Gasteiger partial charge in [-0.2, -0.15) is 0 Å². The molecule has 0 radical (unpaired) electrons. The van der Waals surface area contributed by atoms with Crippen molar-refractivity contribution in [3.05, 3.63) is 59.7 Å². The van der Waals surface area contributed by atoms with E-state index in [1.807, 2.05) is 24.3 Å². The number of imide groups is 1. The lowest BCUT2D eigenvalue weighted by Gasteiger charge is -2.17. The molecule has 3 aromatic rings. The van der Waals surface area contributed by atoms with E-state index in [0.717, 1.165) is 10.2 Å². The topological polar surface area (TPSA) is 79.8 Å². The third-order valence-electron chi connectivity index (χ3n) is 3.93. The number of hydrogen-bond acceptors (Lipinski definition) is 7. The number of carbonyl (C=O) groups excluding carboxylic acids is 3. The van der Waals surface area contributed by atoms with Crippen LogP contribution in [-0.2, 0) is 9.63 Å². The Labute approximate surface area is 152 Å². The second-order valence-electron chi connectivity index (χ2n) is 5.73. The largest absolute Gasteiger partial charge is 0.352 e. The van der Waals surface area contributed by atoms with Crippen molar-refractivity contribution < 1.29 is 19.2 Å². The standard InChI is InChI=1S/C18H13N3O4S/c1-20(18-19-13-8-4-5-9-14(13)26-18)10-15(22)25-21-16(23)11-6-2-3-7-12(11)17(21)24/h2-9H,10H2,1H3. The van der Waals surface area contributed by atoms with Crippen molar-refractivity contribution >= 4 is 44.5 Å². The molecule has 8 heteroatoms. The number of hydrogen-bond donors (Lipinski definition) is 0. The summed E-state index contributed by atoms with van der Waals surface area (Å²) >= 11 is 1.44. The van der Waals surface area contributed by atoms with Crippen molar-refractivity contribution in [3.63, 3.8) is 0 Å². The number of carbonyl (C=O) groups is 3. The van der Waals surface area contributed by atoms with Crippen LogP contribution in [0.1, 0.15) is 20.7 Å². The van der Waals surface area contributed by atoms with E-state index >= 15 is 0 Å². The number of para-hydroxylation sites is 1. The van der Waals surface area contributed by atoms with Crippen molar-refractivity contribution in [2.75, 3.05) is 18.5 Å². The summed E-state index contributed by atoms with van der Waals surface area (Å²) in [5, 5.41) is 1.16. The molecule has 2 heterocycles. The van der Waals surface area contributed by atoms with E-state index in [4.69, 9.17) is 4.84 Å². The smallest absolute Gasteiger partial charge is 0.340 e. The highest BCUT2D eigenvalue weighted by Crippen LogP contribution is 2.28. The minimum Gasteiger partial charge on any atom is -0.340 e. The molecule has 130 valence electrons. The summed E-state index contributed by atoms with van der Waals surface area (Å²) in [6.45, 7) is -0.146. The number of rotatable bonds is 4. The minimum atomic E-state index is -0.721. The Kier molecular flexibility index (Phi) is 3.89. The van der Waals surface area contributed by atoms with E-state index < -0.39 is 17.8 Å². The van der Waals surface area contributed by atoms with Crippen molar-refractivity contribution in [1.82, 2.24) is 10.0 Å². The lowest BCUT2D eigenvalue weighted by molar-refractivity contribution is -0.166. The number of likely N-dealkylation sites (N-methyl/N-ethyl adjacent to an activating group) is 1. The van der Waals surface area contributed by atoms with Crippen molar-refractivity contribution in [2.24, 2.45) is 0 Å². The molecule has 1 aliphatic heterocycles. The lowest BCUT2D eigenvalue weighted by atomic mass is 10.1. The van der Waals surface area contributed by atoms with Gasteiger partial charge in [-0.15, -0.1) is 0 Å². The van der Waals surface area contributed by atoms with E-state index in [2.05, 4.69) is 4.98 Å². The molecule has 2 amide bonds. The second kappa shape index (κ2) is 6.23. The molecular weight excluding hydrogens is 354 g/mol. The van der Waals surface area contributed by atoms with Crippen LogP contribution in [0.2, 0.25) is 0 Å². The molecule has 0 aliphatic carbocycles. The zero-order chi connectivity index (χ0) is 18.3. The van der Waals surface area contributed by atoms with Gasteiger partial charge in [0.2, 0.25) is 0 Å². The molecule has 0 N–H and O–H groups in total. The highest BCUT2D eigenvalue weighted by Gasteiger charge is 2.38. The van der Waals surface area contributed by atoms with Crippen LogP contribution in [0.3, 0.4) is 0 Å². The summed E-state index contributed by atoms with van der Waals surface area (Å²) in [5.41, 5.74) is 1.29. The first-order chi connectivity index (χ1) is 12.5. The number of thiazole rings is 1. The van der Waals surface area contributed by atoms with Crippen molar-refractivity contribution in [2.45, 2.75) is 0 Å². The van der Waals surface area contributed by atoms with Gasteiger partial charge in [-0.1, -0.05) is 40.7 Å². The van der Waals surface area contributed by atoms with Gasteiger partial charge in [0.1, 0.15) is 6.54 Å². The summed E-state index contributed by atoms with van der Waals surface area (Å²) < 4.78 is 1.00. The number of fused-ring (bicyclic) bond motifs is 2. The average molecular weight is 367 g/mol. The van der Waals surface area contributed by atoms with E-state index in [9.17, 15) is 14.4 Å². The molecular formula is C18H13N3O4S. The third kappa shape index (κ3) is 2.70. The van der Waals surface area contributed by atoms with Crippen LogP contribution in [0.25, 0.3) is 10.2 Å². The fraction of sp³-hybridized carbons (Fsp3) is 0.111. The van der Waals surface area contributed by atoms with Crippen LogP contribution >= 0.6 is 11.3 Å². The molecule has 1 aliphatic rings.